The van der Waals surface area contributed by atoms with Crippen LogP contribution in [0, 0.1) is 11.5 Å². The van der Waals surface area contributed by atoms with E-state index in [0.717, 1.165) is 22.7 Å². The second-order valence-electron chi connectivity index (χ2n) is 5.80. The van der Waals surface area contributed by atoms with Gasteiger partial charge in [0.15, 0.2) is 5.43 Å². The van der Waals surface area contributed by atoms with Crippen molar-refractivity contribution in [3.63, 3.8) is 0 Å². The van der Waals surface area contributed by atoms with Crippen LogP contribution in [0.5, 0.6) is 0 Å². The van der Waals surface area contributed by atoms with Crippen LogP contribution in [-0.2, 0) is 6.18 Å². The molecule has 0 unspecified atom stereocenters. The number of rotatable bonds is 0. The first kappa shape index (κ1) is 16.1. The number of alkyl halides is 3. The number of halogens is 3. The van der Waals surface area contributed by atoms with E-state index in [1.165, 1.54) is 0 Å². The van der Waals surface area contributed by atoms with Gasteiger partial charge in [0.1, 0.15) is 25.0 Å². The lowest BCUT2D eigenvalue weighted by atomic mass is 10.2. The van der Waals surface area contributed by atoms with Crippen molar-refractivity contribution in [3.8, 4) is 11.5 Å². The Labute approximate surface area is 124 Å². The standard InChI is InChI=1S/C14H13F3N2O2Si/c1-22(2,3)7-5-10-12(14(15,16)17)18-11-8-9(20)4-6-19(11)13(10)21/h4,6,8,18H,1-3H3. The van der Waals surface area contributed by atoms with Crippen molar-refractivity contribution in [3.05, 3.63) is 50.2 Å². The highest BCUT2D eigenvalue weighted by atomic mass is 28.3. The maximum atomic E-state index is 13.2. The predicted molar refractivity (Wildman–Crippen MR) is 79.5 cm³/mol. The number of nitrogens with one attached hydrogen (secondary N) is 1. The maximum Gasteiger partial charge on any atom is 0.432 e. The predicted octanol–water partition coefficient (Wildman–Crippen LogP) is 2.24. The molecule has 0 fully saturated rings. The van der Waals surface area contributed by atoms with Crippen molar-refractivity contribution in [2.45, 2.75) is 25.8 Å². The fourth-order valence-electron chi connectivity index (χ4n) is 1.75. The average Bonchev–Trinajstić information content (AvgIpc) is 2.34. The van der Waals surface area contributed by atoms with E-state index in [-0.39, 0.29) is 5.65 Å². The molecule has 0 bridgehead atoms. The third-order valence-corrected chi connectivity index (χ3v) is 3.58. The van der Waals surface area contributed by atoms with Gasteiger partial charge >= 0.3 is 6.18 Å². The zero-order chi connectivity index (χ0) is 16.7. The largest absolute Gasteiger partial charge is 0.432 e. The van der Waals surface area contributed by atoms with Crippen molar-refractivity contribution < 1.29 is 13.2 Å². The number of fused-ring (bicyclic) bond motifs is 1. The summed E-state index contributed by atoms with van der Waals surface area (Å²) in [6, 6.07) is 2.04. The number of hydrogen-bond donors (Lipinski definition) is 1. The highest BCUT2D eigenvalue weighted by Gasteiger charge is 2.36. The first-order valence-electron chi connectivity index (χ1n) is 6.38. The normalized spacial score (nSPS) is 12.1. The summed E-state index contributed by atoms with van der Waals surface area (Å²) in [4.78, 5) is 25.6. The molecule has 2 aromatic rings. The van der Waals surface area contributed by atoms with Gasteiger partial charge in [-0.3, -0.25) is 14.0 Å². The van der Waals surface area contributed by atoms with Gasteiger partial charge in [0, 0.05) is 18.3 Å². The minimum Gasteiger partial charge on any atom is -0.336 e. The molecule has 22 heavy (non-hydrogen) atoms. The van der Waals surface area contributed by atoms with E-state index in [4.69, 9.17) is 0 Å². The SMILES string of the molecule is C[Si](C)(C)C#Cc1c(C(F)(F)F)[nH]c2cc(=O)ccn2c1=O. The van der Waals surface area contributed by atoms with Crippen molar-refractivity contribution in [2.24, 2.45) is 0 Å². The molecule has 4 nitrogen and oxygen atoms in total. The molecule has 2 aromatic heterocycles. The molecule has 0 atom stereocenters. The second kappa shape index (κ2) is 5.17. The average molecular weight is 326 g/mol. The van der Waals surface area contributed by atoms with Gasteiger partial charge in [-0.15, -0.1) is 5.54 Å². The van der Waals surface area contributed by atoms with Gasteiger partial charge in [0.25, 0.3) is 5.56 Å². The molecule has 8 heteroatoms. The van der Waals surface area contributed by atoms with Crippen LogP contribution in [0.1, 0.15) is 11.3 Å². The number of nitrogens with zero attached hydrogens (tertiary/aromatic N) is 1. The van der Waals surface area contributed by atoms with Gasteiger partial charge in [-0.1, -0.05) is 25.6 Å². The number of pyridine rings is 1. The van der Waals surface area contributed by atoms with Crippen molar-refractivity contribution in [1.82, 2.24) is 9.38 Å². The Morgan fingerprint density at radius 3 is 2.41 bits per heavy atom. The molecule has 2 rings (SSSR count). The van der Waals surface area contributed by atoms with Crippen LogP contribution in [-0.4, -0.2) is 17.5 Å². The third-order valence-electron chi connectivity index (χ3n) is 2.71. The van der Waals surface area contributed by atoms with Crippen LogP contribution in [0.2, 0.25) is 19.6 Å². The quantitative estimate of drug-likeness (QED) is 0.596. The first-order valence-corrected chi connectivity index (χ1v) is 9.88. The number of hydrogen-bond acceptors (Lipinski definition) is 2. The molecule has 0 aliphatic rings. The van der Waals surface area contributed by atoms with E-state index in [2.05, 4.69) is 16.4 Å². The molecule has 2 heterocycles. The van der Waals surface area contributed by atoms with E-state index < -0.39 is 36.5 Å². The summed E-state index contributed by atoms with van der Waals surface area (Å²) >= 11 is 0. The van der Waals surface area contributed by atoms with Gasteiger partial charge in [-0.25, -0.2) is 0 Å². The molecular weight excluding hydrogens is 313 g/mol. The summed E-state index contributed by atoms with van der Waals surface area (Å²) in [5.41, 5.74) is -0.711. The number of aromatic amines is 1. The summed E-state index contributed by atoms with van der Waals surface area (Å²) in [5.74, 6) is 2.38. The number of H-pyrrole nitrogens is 1. The van der Waals surface area contributed by atoms with E-state index in [1.807, 2.05) is 19.6 Å². The molecule has 1 N–H and O–H groups in total. The highest BCUT2D eigenvalue weighted by molar-refractivity contribution is 6.83. The fraction of sp³-hybridized carbons (Fsp3) is 0.286. The Morgan fingerprint density at radius 2 is 1.86 bits per heavy atom. The van der Waals surface area contributed by atoms with Gasteiger partial charge in [-0.05, 0) is 0 Å². The molecule has 0 saturated carbocycles. The van der Waals surface area contributed by atoms with Crippen molar-refractivity contribution in [1.29, 1.82) is 0 Å². The summed E-state index contributed by atoms with van der Waals surface area (Å²) in [7, 11) is -1.96. The van der Waals surface area contributed by atoms with Crippen LogP contribution in [0.4, 0.5) is 13.2 Å². The molecule has 0 aromatic carbocycles. The molecule has 0 radical (unpaired) electrons. The Kier molecular flexibility index (Phi) is 3.79. The van der Waals surface area contributed by atoms with Crippen molar-refractivity contribution in [2.75, 3.05) is 0 Å². The summed E-state index contributed by atoms with van der Waals surface area (Å²) in [6.45, 7) is 5.58. The van der Waals surface area contributed by atoms with E-state index in [0.29, 0.717) is 0 Å². The Morgan fingerprint density at radius 1 is 1.23 bits per heavy atom. The molecule has 0 aliphatic carbocycles. The lowest BCUT2D eigenvalue weighted by Crippen LogP contribution is -2.26. The maximum absolute atomic E-state index is 13.2. The Hall–Kier alpha value is -2.27. The highest BCUT2D eigenvalue weighted by Crippen LogP contribution is 2.29. The van der Waals surface area contributed by atoms with Crippen LogP contribution in [0.25, 0.3) is 5.65 Å². The molecule has 0 spiro atoms. The molecule has 0 saturated heterocycles. The van der Waals surface area contributed by atoms with Crippen LogP contribution < -0.4 is 11.0 Å². The Balaban J connectivity index is 2.91. The zero-order valence-electron chi connectivity index (χ0n) is 12.1. The molecular formula is C14H13F3N2O2Si. The lowest BCUT2D eigenvalue weighted by molar-refractivity contribution is -0.141. The minimum absolute atomic E-state index is 0.219. The third kappa shape index (κ3) is 3.31. The van der Waals surface area contributed by atoms with Crippen LogP contribution >= 0.6 is 0 Å². The zero-order valence-corrected chi connectivity index (χ0v) is 13.1. The topological polar surface area (TPSA) is 54.3 Å². The molecule has 0 amide bonds. The number of aromatic nitrogens is 2. The fourth-order valence-corrected chi connectivity index (χ4v) is 2.25. The Bertz CT molecular complexity index is 909. The summed E-state index contributed by atoms with van der Waals surface area (Å²) in [6.07, 6.45) is -3.63. The van der Waals surface area contributed by atoms with E-state index in [9.17, 15) is 22.8 Å². The summed E-state index contributed by atoms with van der Waals surface area (Å²) in [5, 5.41) is 0. The molecule has 116 valence electrons. The minimum atomic E-state index is -4.77. The van der Waals surface area contributed by atoms with Crippen LogP contribution in [0.3, 0.4) is 0 Å². The van der Waals surface area contributed by atoms with E-state index >= 15 is 0 Å². The van der Waals surface area contributed by atoms with Gasteiger partial charge in [0.05, 0.1) is 0 Å². The molecule has 0 aliphatic heterocycles. The van der Waals surface area contributed by atoms with Crippen molar-refractivity contribution >= 4 is 13.7 Å². The van der Waals surface area contributed by atoms with Crippen LogP contribution in [0.15, 0.2) is 27.9 Å². The lowest BCUT2D eigenvalue weighted by Gasteiger charge is -2.12. The smallest absolute Gasteiger partial charge is 0.336 e. The van der Waals surface area contributed by atoms with Gasteiger partial charge < -0.3 is 4.98 Å². The summed E-state index contributed by atoms with van der Waals surface area (Å²) < 4.78 is 40.4. The van der Waals surface area contributed by atoms with Gasteiger partial charge in [0.2, 0.25) is 0 Å². The second-order valence-corrected chi connectivity index (χ2v) is 10.5. The van der Waals surface area contributed by atoms with E-state index in [1.54, 1.807) is 0 Å². The van der Waals surface area contributed by atoms with Gasteiger partial charge in [-0.2, -0.15) is 13.2 Å². The first-order chi connectivity index (χ1) is 9.99. The monoisotopic (exact) mass is 326 g/mol.